The van der Waals surface area contributed by atoms with Crippen LogP contribution in [0, 0.1) is 17.9 Å². The van der Waals surface area contributed by atoms with E-state index in [4.69, 9.17) is 56.1 Å². The van der Waals surface area contributed by atoms with Crippen molar-refractivity contribution in [2.45, 2.75) is 6.04 Å². The van der Waals surface area contributed by atoms with Crippen molar-refractivity contribution in [2.24, 2.45) is 0 Å². The molecule has 13 heteroatoms. The first-order valence-electron chi connectivity index (χ1n) is 9.66. The van der Waals surface area contributed by atoms with Crippen LogP contribution in [0.15, 0.2) is 12.1 Å². The first kappa shape index (κ1) is 24.2. The van der Waals surface area contributed by atoms with E-state index in [0.717, 1.165) is 13.1 Å². The molecule has 2 aliphatic rings. The van der Waals surface area contributed by atoms with Gasteiger partial charge in [0.2, 0.25) is 11.9 Å². The second-order valence-electron chi connectivity index (χ2n) is 6.59. The Bertz CT molecular complexity index is 967. The van der Waals surface area contributed by atoms with Gasteiger partial charge in [0.05, 0.1) is 26.4 Å². The van der Waals surface area contributed by atoms with Crippen LogP contribution in [-0.4, -0.2) is 72.5 Å². The van der Waals surface area contributed by atoms with E-state index in [-0.39, 0.29) is 5.15 Å². The van der Waals surface area contributed by atoms with E-state index in [9.17, 15) is 0 Å². The minimum atomic E-state index is -0.940. The highest BCUT2D eigenvalue weighted by atomic mass is 35.5. The van der Waals surface area contributed by atoms with E-state index in [2.05, 4.69) is 24.8 Å². The lowest BCUT2D eigenvalue weighted by atomic mass is 10.2. The van der Waals surface area contributed by atoms with Crippen LogP contribution in [-0.2, 0) is 9.47 Å². The third-order valence-electron chi connectivity index (χ3n) is 4.47. The van der Waals surface area contributed by atoms with E-state index in [1.165, 1.54) is 12.1 Å². The third kappa shape index (κ3) is 6.76. The smallest absolute Gasteiger partial charge is 0.349 e. The van der Waals surface area contributed by atoms with Crippen LogP contribution in [0.1, 0.15) is 11.7 Å². The van der Waals surface area contributed by atoms with Crippen molar-refractivity contribution < 1.29 is 9.47 Å². The lowest BCUT2D eigenvalue weighted by molar-refractivity contribution is 0.122. The lowest BCUT2D eigenvalue weighted by Crippen LogP contribution is -2.37. The van der Waals surface area contributed by atoms with Gasteiger partial charge in [-0.05, 0) is 0 Å². The number of hydrogen-bond donors (Lipinski definition) is 0. The third-order valence-corrected chi connectivity index (χ3v) is 5.05. The molecular weight excluding hydrogens is 479 g/mol. The number of rotatable bonds is 3. The average molecular weight is 498 g/mol. The highest BCUT2D eigenvalue weighted by Crippen LogP contribution is 2.21. The molecule has 0 spiro atoms. The van der Waals surface area contributed by atoms with E-state index in [0.29, 0.717) is 67.4 Å². The quantitative estimate of drug-likeness (QED) is 0.467. The molecule has 10 nitrogen and oxygen atoms in total. The first-order valence-corrected chi connectivity index (χ1v) is 10.8. The largest absolute Gasteiger partial charge is 0.378 e. The monoisotopic (exact) mass is 496 g/mol. The fraction of sp³-hybridized carbons (Fsp3) is 0.474. The van der Waals surface area contributed by atoms with Gasteiger partial charge in [-0.1, -0.05) is 34.8 Å². The molecule has 2 aliphatic heterocycles. The normalized spacial score (nSPS) is 16.9. The fourth-order valence-corrected chi connectivity index (χ4v) is 3.51. The summed E-state index contributed by atoms with van der Waals surface area (Å²) >= 11 is 17.5. The first-order chi connectivity index (χ1) is 15.5. The highest BCUT2D eigenvalue weighted by molar-refractivity contribution is 6.33. The zero-order chi connectivity index (χ0) is 22.9. The van der Waals surface area contributed by atoms with Gasteiger partial charge in [0.25, 0.3) is 0 Å². The number of nitrogens with zero attached hydrogens (tertiary/aromatic N) is 8. The fourth-order valence-electron chi connectivity index (χ4n) is 2.91. The summed E-state index contributed by atoms with van der Waals surface area (Å²) < 4.78 is 10.5. The molecule has 32 heavy (non-hydrogen) atoms. The SMILES string of the molecule is Clc1cc(Cl)nc(N2CCOCC2)n1.[C-]#[N+]C(C#N)c1cc(Cl)nc(N2CCOCC2)n1. The van der Waals surface area contributed by atoms with Gasteiger partial charge >= 0.3 is 6.04 Å². The summed E-state index contributed by atoms with van der Waals surface area (Å²) in [6.07, 6.45) is 0. The Kier molecular flexibility index (Phi) is 9.03. The highest BCUT2D eigenvalue weighted by Gasteiger charge is 2.21. The number of ether oxygens (including phenoxy) is 2. The Morgan fingerprint density at radius 3 is 1.72 bits per heavy atom. The van der Waals surface area contributed by atoms with Gasteiger partial charge in [-0.2, -0.15) is 5.26 Å². The predicted molar refractivity (Wildman–Crippen MR) is 120 cm³/mol. The van der Waals surface area contributed by atoms with Crippen LogP contribution in [0.4, 0.5) is 11.9 Å². The summed E-state index contributed by atoms with van der Waals surface area (Å²) in [6, 6.07) is 3.92. The summed E-state index contributed by atoms with van der Waals surface area (Å²) in [6.45, 7) is 12.4. The maximum Gasteiger partial charge on any atom is 0.349 e. The van der Waals surface area contributed by atoms with Crippen molar-refractivity contribution >= 4 is 46.7 Å². The summed E-state index contributed by atoms with van der Waals surface area (Å²) in [4.78, 5) is 23.7. The van der Waals surface area contributed by atoms with Crippen molar-refractivity contribution in [1.82, 2.24) is 19.9 Å². The summed E-state index contributed by atoms with van der Waals surface area (Å²) in [5, 5.41) is 9.85. The molecule has 2 aromatic heterocycles. The maximum atomic E-state index is 8.87. The molecule has 0 aromatic carbocycles. The van der Waals surface area contributed by atoms with E-state index in [1.54, 1.807) is 0 Å². The molecule has 2 aromatic rings. The molecule has 2 fully saturated rings. The molecule has 2 saturated heterocycles. The van der Waals surface area contributed by atoms with Gasteiger partial charge in [0, 0.05) is 38.3 Å². The molecule has 0 saturated carbocycles. The second-order valence-corrected chi connectivity index (χ2v) is 7.75. The molecule has 0 N–H and O–H groups in total. The van der Waals surface area contributed by atoms with Crippen molar-refractivity contribution in [1.29, 1.82) is 5.26 Å². The van der Waals surface area contributed by atoms with Crippen molar-refractivity contribution in [2.75, 3.05) is 62.4 Å². The van der Waals surface area contributed by atoms with Crippen LogP contribution in [0.3, 0.4) is 0 Å². The molecule has 1 atom stereocenters. The zero-order valence-corrected chi connectivity index (χ0v) is 19.2. The maximum absolute atomic E-state index is 8.87. The number of nitriles is 1. The molecule has 0 amide bonds. The molecule has 1 unspecified atom stereocenters. The predicted octanol–water partition coefficient (Wildman–Crippen LogP) is 3.07. The van der Waals surface area contributed by atoms with Crippen LogP contribution < -0.4 is 9.80 Å². The van der Waals surface area contributed by atoms with E-state index < -0.39 is 6.04 Å². The number of anilines is 2. The molecule has 0 radical (unpaired) electrons. The topological polar surface area (TPSA) is 105 Å². The lowest BCUT2D eigenvalue weighted by Gasteiger charge is -2.26. The summed E-state index contributed by atoms with van der Waals surface area (Å²) in [7, 11) is 0. The Balaban J connectivity index is 0.000000186. The molecule has 0 aliphatic carbocycles. The van der Waals surface area contributed by atoms with Gasteiger partial charge in [-0.15, -0.1) is 0 Å². The van der Waals surface area contributed by atoms with Crippen LogP contribution in [0.2, 0.25) is 15.5 Å². The standard InChI is InChI=1S/C11H10ClN5O.C8H9Cl2N3O/c1-14-9(7-13)8-6-10(12)16-11(15-8)17-2-4-18-5-3-17;9-6-5-7(10)12-8(11-6)13-1-3-14-4-2-13/h6,9H,2-5H2;5H,1-4H2. The minimum Gasteiger partial charge on any atom is -0.378 e. The second kappa shape index (κ2) is 12.0. The number of halogens is 3. The van der Waals surface area contributed by atoms with Crippen LogP contribution in [0.25, 0.3) is 4.85 Å². The Morgan fingerprint density at radius 2 is 1.28 bits per heavy atom. The van der Waals surface area contributed by atoms with E-state index in [1.807, 2.05) is 15.9 Å². The average Bonchev–Trinajstić information content (AvgIpc) is 2.80. The Labute approximate surface area is 200 Å². The van der Waals surface area contributed by atoms with Crippen LogP contribution >= 0.6 is 34.8 Å². The molecule has 168 valence electrons. The van der Waals surface area contributed by atoms with Gasteiger partial charge < -0.3 is 19.3 Å². The number of aromatic nitrogens is 4. The summed E-state index contributed by atoms with van der Waals surface area (Å²) in [5.74, 6) is 1.02. The molecule has 4 heterocycles. The van der Waals surface area contributed by atoms with Gasteiger partial charge in [0.15, 0.2) is 6.07 Å². The van der Waals surface area contributed by atoms with E-state index >= 15 is 0 Å². The minimum absolute atomic E-state index is 0.241. The molecule has 0 bridgehead atoms. The van der Waals surface area contributed by atoms with Crippen LogP contribution in [0.5, 0.6) is 0 Å². The summed E-state index contributed by atoms with van der Waals surface area (Å²) in [5.41, 5.74) is 0.342. The Hall–Kier alpha value is -2.47. The zero-order valence-electron chi connectivity index (χ0n) is 16.9. The van der Waals surface area contributed by atoms with Crippen molar-refractivity contribution in [3.63, 3.8) is 0 Å². The van der Waals surface area contributed by atoms with Gasteiger partial charge in [0.1, 0.15) is 21.2 Å². The molecular formula is C19H19Cl3N8O2. The van der Waals surface area contributed by atoms with Crippen molar-refractivity contribution in [3.8, 4) is 6.07 Å². The number of hydrogen-bond acceptors (Lipinski definition) is 9. The van der Waals surface area contributed by atoms with Gasteiger partial charge in [-0.25, -0.2) is 26.5 Å². The number of morpholine rings is 2. The van der Waals surface area contributed by atoms with Crippen molar-refractivity contribution in [3.05, 3.63) is 44.7 Å². The molecule has 4 rings (SSSR count). The Morgan fingerprint density at radius 1 is 0.844 bits per heavy atom. The van der Waals surface area contributed by atoms with Gasteiger partial charge in [-0.3, -0.25) is 4.85 Å².